The van der Waals surface area contributed by atoms with Crippen LogP contribution in [0.15, 0.2) is 24.7 Å². The lowest BCUT2D eigenvalue weighted by molar-refractivity contribution is 0.946. The van der Waals surface area contributed by atoms with Gasteiger partial charge < -0.3 is 0 Å². The topological polar surface area (TPSA) is 30.2 Å². The molecule has 0 amide bonds. The van der Waals surface area contributed by atoms with Crippen molar-refractivity contribution in [2.75, 3.05) is 0 Å². The average Bonchev–Trinajstić information content (AvgIpc) is 2.33. The Kier molecular flexibility index (Phi) is 1.00. The first-order valence-corrected chi connectivity index (χ1v) is 2.91. The third-order valence-corrected chi connectivity index (χ3v) is 1.27. The standard InChI is InChI=1S/C6H4BN3/c7-5-3-8-6-1-2-9-10(6)4-5/h1-4H. The van der Waals surface area contributed by atoms with Gasteiger partial charge in [-0.25, -0.2) is 9.50 Å². The summed E-state index contributed by atoms with van der Waals surface area (Å²) in [6.45, 7) is 0. The van der Waals surface area contributed by atoms with Crippen LogP contribution in [-0.4, -0.2) is 22.4 Å². The third kappa shape index (κ3) is 0.691. The van der Waals surface area contributed by atoms with Crippen molar-refractivity contribution in [1.82, 2.24) is 14.6 Å². The molecule has 2 rings (SSSR count). The quantitative estimate of drug-likeness (QED) is 0.450. The smallest absolute Gasteiger partial charge is 0.154 e. The van der Waals surface area contributed by atoms with Crippen molar-refractivity contribution in [3.05, 3.63) is 24.7 Å². The van der Waals surface area contributed by atoms with Crippen LogP contribution in [0.2, 0.25) is 0 Å². The largest absolute Gasteiger partial charge is 0.238 e. The molecule has 2 heterocycles. The Morgan fingerprint density at radius 1 is 1.50 bits per heavy atom. The minimum atomic E-state index is 0.621. The number of aromatic nitrogens is 3. The monoisotopic (exact) mass is 129 g/mol. The molecule has 46 valence electrons. The molecule has 0 bridgehead atoms. The molecule has 0 unspecified atom stereocenters. The highest BCUT2D eigenvalue weighted by atomic mass is 15.2. The van der Waals surface area contributed by atoms with Gasteiger partial charge in [0.2, 0.25) is 0 Å². The van der Waals surface area contributed by atoms with Crippen molar-refractivity contribution >= 4 is 19.0 Å². The summed E-state index contributed by atoms with van der Waals surface area (Å²) in [6.07, 6.45) is 5.01. The Hall–Kier alpha value is -1.32. The molecular weight excluding hydrogens is 125 g/mol. The van der Waals surface area contributed by atoms with Gasteiger partial charge in [-0.15, -0.1) is 0 Å². The molecule has 2 aromatic rings. The van der Waals surface area contributed by atoms with E-state index in [1.807, 2.05) is 6.07 Å². The second-order valence-corrected chi connectivity index (χ2v) is 2.02. The molecule has 3 nitrogen and oxygen atoms in total. The summed E-state index contributed by atoms with van der Waals surface area (Å²) in [7, 11) is 5.46. The first-order chi connectivity index (χ1) is 4.86. The number of fused-ring (bicyclic) bond motifs is 1. The highest BCUT2D eigenvalue weighted by molar-refractivity contribution is 6.31. The van der Waals surface area contributed by atoms with Crippen LogP contribution in [0.25, 0.3) is 5.65 Å². The average molecular weight is 129 g/mol. The SMILES string of the molecule is [B]c1cnc2ccnn2c1. The Labute approximate surface area is 59.1 Å². The lowest BCUT2D eigenvalue weighted by Gasteiger charge is -1.92. The van der Waals surface area contributed by atoms with Crippen LogP contribution >= 0.6 is 0 Å². The van der Waals surface area contributed by atoms with Crippen LogP contribution < -0.4 is 5.46 Å². The number of hydrogen-bond acceptors (Lipinski definition) is 2. The molecule has 0 spiro atoms. The Balaban J connectivity index is 2.86. The predicted octanol–water partition coefficient (Wildman–Crippen LogP) is -0.477. The van der Waals surface area contributed by atoms with Crippen LogP contribution in [0.1, 0.15) is 0 Å². The van der Waals surface area contributed by atoms with Gasteiger partial charge in [0.1, 0.15) is 7.85 Å². The fourth-order valence-electron chi connectivity index (χ4n) is 0.824. The van der Waals surface area contributed by atoms with Gasteiger partial charge >= 0.3 is 0 Å². The molecule has 0 aliphatic heterocycles. The third-order valence-electron chi connectivity index (χ3n) is 1.27. The van der Waals surface area contributed by atoms with Crippen molar-refractivity contribution in [2.24, 2.45) is 0 Å². The highest BCUT2D eigenvalue weighted by Gasteiger charge is 1.91. The summed E-state index contributed by atoms with van der Waals surface area (Å²) in [5.74, 6) is 0. The summed E-state index contributed by atoms with van der Waals surface area (Å²) in [6, 6.07) is 1.82. The van der Waals surface area contributed by atoms with Gasteiger partial charge in [-0.3, -0.25) is 0 Å². The van der Waals surface area contributed by atoms with Crippen LogP contribution in [0.3, 0.4) is 0 Å². The molecule has 0 aliphatic carbocycles. The molecule has 0 aromatic carbocycles. The first kappa shape index (κ1) is 5.47. The zero-order valence-corrected chi connectivity index (χ0v) is 5.23. The van der Waals surface area contributed by atoms with Crippen LogP contribution in [0.4, 0.5) is 0 Å². The molecule has 4 heteroatoms. The van der Waals surface area contributed by atoms with Crippen molar-refractivity contribution in [3.63, 3.8) is 0 Å². The summed E-state index contributed by atoms with van der Waals surface area (Å²) >= 11 is 0. The minimum absolute atomic E-state index is 0.621. The normalized spacial score (nSPS) is 10.4. The maximum atomic E-state index is 5.46. The van der Waals surface area contributed by atoms with E-state index in [1.165, 1.54) is 0 Å². The van der Waals surface area contributed by atoms with Crippen LogP contribution in [0.5, 0.6) is 0 Å². The van der Waals surface area contributed by atoms with Crippen molar-refractivity contribution in [2.45, 2.75) is 0 Å². The summed E-state index contributed by atoms with van der Waals surface area (Å²) < 4.78 is 1.63. The van der Waals surface area contributed by atoms with Crippen molar-refractivity contribution in [3.8, 4) is 0 Å². The van der Waals surface area contributed by atoms with Gasteiger partial charge in [-0.05, 0) is 0 Å². The Morgan fingerprint density at radius 2 is 2.40 bits per heavy atom. The van der Waals surface area contributed by atoms with Crippen LogP contribution in [0, 0.1) is 0 Å². The van der Waals surface area contributed by atoms with E-state index < -0.39 is 0 Å². The highest BCUT2D eigenvalue weighted by Crippen LogP contribution is 1.91. The van der Waals surface area contributed by atoms with E-state index in [-0.39, 0.29) is 0 Å². The molecule has 0 N–H and O–H groups in total. The zero-order chi connectivity index (χ0) is 6.97. The Morgan fingerprint density at radius 3 is 3.30 bits per heavy atom. The maximum absolute atomic E-state index is 5.46. The van der Waals surface area contributed by atoms with Crippen molar-refractivity contribution < 1.29 is 0 Å². The van der Waals surface area contributed by atoms with Crippen LogP contribution in [-0.2, 0) is 0 Å². The molecule has 10 heavy (non-hydrogen) atoms. The zero-order valence-electron chi connectivity index (χ0n) is 5.23. The van der Waals surface area contributed by atoms with Gasteiger partial charge in [-0.1, -0.05) is 5.46 Å². The summed E-state index contributed by atoms with van der Waals surface area (Å²) in [5.41, 5.74) is 1.44. The minimum Gasteiger partial charge on any atom is -0.238 e. The summed E-state index contributed by atoms with van der Waals surface area (Å²) in [4.78, 5) is 4.02. The molecule has 0 aliphatic rings. The van der Waals surface area contributed by atoms with E-state index in [1.54, 1.807) is 23.1 Å². The fourth-order valence-corrected chi connectivity index (χ4v) is 0.824. The molecule has 0 atom stereocenters. The maximum Gasteiger partial charge on any atom is 0.154 e. The second kappa shape index (κ2) is 1.83. The molecule has 0 fully saturated rings. The van der Waals surface area contributed by atoms with Crippen molar-refractivity contribution in [1.29, 1.82) is 0 Å². The van der Waals surface area contributed by atoms with Gasteiger partial charge in [0.05, 0.1) is 6.20 Å². The molecule has 0 saturated carbocycles. The fraction of sp³-hybridized carbons (Fsp3) is 0. The predicted molar refractivity (Wildman–Crippen MR) is 38.4 cm³/mol. The molecule has 0 saturated heterocycles. The lowest BCUT2D eigenvalue weighted by atomic mass is 10.0. The lowest BCUT2D eigenvalue weighted by Crippen LogP contribution is -2.06. The Bertz CT molecular complexity index is 355. The number of hydrogen-bond donors (Lipinski definition) is 0. The second-order valence-electron chi connectivity index (χ2n) is 2.02. The molecule has 2 aromatic heterocycles. The van der Waals surface area contributed by atoms with E-state index in [2.05, 4.69) is 10.1 Å². The van der Waals surface area contributed by atoms with Gasteiger partial charge in [0.15, 0.2) is 5.65 Å². The number of nitrogens with zero attached hydrogens (tertiary/aromatic N) is 3. The molecular formula is C6H4BN3. The van der Waals surface area contributed by atoms with E-state index >= 15 is 0 Å². The van der Waals surface area contributed by atoms with Gasteiger partial charge in [0, 0.05) is 18.5 Å². The van der Waals surface area contributed by atoms with Gasteiger partial charge in [0.25, 0.3) is 0 Å². The van der Waals surface area contributed by atoms with E-state index in [0.29, 0.717) is 5.46 Å². The first-order valence-electron chi connectivity index (χ1n) is 2.91. The number of rotatable bonds is 0. The van der Waals surface area contributed by atoms with E-state index in [4.69, 9.17) is 7.85 Å². The van der Waals surface area contributed by atoms with E-state index in [9.17, 15) is 0 Å². The van der Waals surface area contributed by atoms with Gasteiger partial charge in [-0.2, -0.15) is 5.10 Å². The van der Waals surface area contributed by atoms with E-state index in [0.717, 1.165) is 5.65 Å². The summed E-state index contributed by atoms with van der Waals surface area (Å²) in [5, 5.41) is 3.95. The molecule has 2 radical (unpaired) electrons.